The maximum Gasteiger partial charge on any atom is 0.0664 e. The Kier molecular flexibility index (Phi) is 5.40. The SMILES string of the molecule is CCc1ccc(C(CN)N(CC)c2cccc(C)c2)cc1. The summed E-state index contributed by atoms with van der Waals surface area (Å²) in [7, 11) is 0. The molecule has 2 N–H and O–H groups in total. The van der Waals surface area contributed by atoms with Gasteiger partial charge in [-0.15, -0.1) is 0 Å². The van der Waals surface area contributed by atoms with Crippen molar-refractivity contribution < 1.29 is 0 Å². The van der Waals surface area contributed by atoms with Gasteiger partial charge < -0.3 is 10.6 Å². The summed E-state index contributed by atoms with van der Waals surface area (Å²) in [5.41, 5.74) is 11.3. The first-order valence-corrected chi connectivity index (χ1v) is 7.81. The molecule has 0 saturated carbocycles. The lowest BCUT2D eigenvalue weighted by Gasteiger charge is -2.32. The molecule has 0 spiro atoms. The molecule has 0 aromatic heterocycles. The number of aryl methyl sites for hydroxylation is 2. The summed E-state index contributed by atoms with van der Waals surface area (Å²) in [5.74, 6) is 0. The van der Waals surface area contributed by atoms with Crippen molar-refractivity contribution in [2.75, 3.05) is 18.0 Å². The molecule has 2 rings (SSSR count). The summed E-state index contributed by atoms with van der Waals surface area (Å²) in [6.45, 7) is 8.06. The van der Waals surface area contributed by atoms with E-state index in [1.807, 2.05) is 0 Å². The summed E-state index contributed by atoms with van der Waals surface area (Å²) in [6, 6.07) is 17.7. The van der Waals surface area contributed by atoms with E-state index in [1.165, 1.54) is 22.4 Å². The molecule has 0 aliphatic carbocycles. The van der Waals surface area contributed by atoms with Crippen LogP contribution in [0.1, 0.15) is 36.6 Å². The number of hydrogen-bond donors (Lipinski definition) is 1. The Morgan fingerprint density at radius 3 is 2.29 bits per heavy atom. The fourth-order valence-corrected chi connectivity index (χ4v) is 2.81. The molecule has 0 bridgehead atoms. The van der Waals surface area contributed by atoms with Crippen LogP contribution < -0.4 is 10.6 Å². The quantitative estimate of drug-likeness (QED) is 0.865. The molecular weight excluding hydrogens is 256 g/mol. The normalized spacial score (nSPS) is 12.2. The van der Waals surface area contributed by atoms with Crippen molar-refractivity contribution in [1.29, 1.82) is 0 Å². The van der Waals surface area contributed by atoms with Crippen molar-refractivity contribution in [3.63, 3.8) is 0 Å². The number of nitrogens with two attached hydrogens (primary N) is 1. The Hall–Kier alpha value is -1.80. The summed E-state index contributed by atoms with van der Waals surface area (Å²) < 4.78 is 0. The molecular formula is C19H26N2. The fourth-order valence-electron chi connectivity index (χ4n) is 2.81. The van der Waals surface area contributed by atoms with Crippen LogP contribution in [0.2, 0.25) is 0 Å². The molecule has 2 heteroatoms. The van der Waals surface area contributed by atoms with Gasteiger partial charge in [0.25, 0.3) is 0 Å². The minimum atomic E-state index is 0.225. The van der Waals surface area contributed by atoms with E-state index in [9.17, 15) is 0 Å². The van der Waals surface area contributed by atoms with Crippen LogP contribution in [0.15, 0.2) is 48.5 Å². The average molecular weight is 282 g/mol. The number of benzene rings is 2. The third-order valence-corrected chi connectivity index (χ3v) is 4.05. The van der Waals surface area contributed by atoms with E-state index in [0.717, 1.165) is 13.0 Å². The molecule has 21 heavy (non-hydrogen) atoms. The van der Waals surface area contributed by atoms with Crippen LogP contribution in [0.3, 0.4) is 0 Å². The third kappa shape index (κ3) is 3.64. The molecule has 0 amide bonds. The van der Waals surface area contributed by atoms with Crippen LogP contribution in [0.25, 0.3) is 0 Å². The van der Waals surface area contributed by atoms with E-state index in [-0.39, 0.29) is 6.04 Å². The first-order valence-electron chi connectivity index (χ1n) is 7.81. The smallest absolute Gasteiger partial charge is 0.0664 e. The standard InChI is InChI=1S/C19H26N2/c1-4-16-9-11-17(12-10-16)19(14-20)21(5-2)18-8-6-7-15(3)13-18/h6-13,19H,4-5,14,20H2,1-3H3. The summed E-state index contributed by atoms with van der Waals surface area (Å²) in [4.78, 5) is 2.38. The van der Waals surface area contributed by atoms with Gasteiger partial charge in [0.2, 0.25) is 0 Å². The van der Waals surface area contributed by atoms with Gasteiger partial charge in [-0.1, -0.05) is 43.3 Å². The Morgan fingerprint density at radius 2 is 1.76 bits per heavy atom. The molecule has 2 aromatic carbocycles. The van der Waals surface area contributed by atoms with Gasteiger partial charge in [-0.25, -0.2) is 0 Å². The second-order valence-corrected chi connectivity index (χ2v) is 5.47. The first kappa shape index (κ1) is 15.6. The Morgan fingerprint density at radius 1 is 1.05 bits per heavy atom. The van der Waals surface area contributed by atoms with Crippen molar-refractivity contribution in [2.45, 2.75) is 33.2 Å². The molecule has 0 aliphatic rings. The van der Waals surface area contributed by atoms with Gasteiger partial charge in [0.05, 0.1) is 6.04 Å². The van der Waals surface area contributed by atoms with Gasteiger partial charge in [-0.2, -0.15) is 0 Å². The topological polar surface area (TPSA) is 29.3 Å². The number of nitrogens with zero attached hydrogens (tertiary/aromatic N) is 1. The lowest BCUT2D eigenvalue weighted by atomic mass is 10.0. The van der Waals surface area contributed by atoms with Crippen LogP contribution in [0.4, 0.5) is 5.69 Å². The summed E-state index contributed by atoms with van der Waals surface area (Å²) in [5, 5.41) is 0. The third-order valence-electron chi connectivity index (χ3n) is 4.05. The van der Waals surface area contributed by atoms with Gasteiger partial charge in [-0.3, -0.25) is 0 Å². The Balaban J connectivity index is 2.32. The molecule has 0 saturated heterocycles. The van der Waals surface area contributed by atoms with E-state index in [0.29, 0.717) is 6.54 Å². The van der Waals surface area contributed by atoms with Crippen LogP contribution >= 0.6 is 0 Å². The van der Waals surface area contributed by atoms with Gasteiger partial charge in [-0.05, 0) is 49.1 Å². The molecule has 112 valence electrons. The highest BCUT2D eigenvalue weighted by Gasteiger charge is 2.18. The van der Waals surface area contributed by atoms with Gasteiger partial charge in [0.1, 0.15) is 0 Å². The molecule has 0 heterocycles. The highest BCUT2D eigenvalue weighted by atomic mass is 15.2. The lowest BCUT2D eigenvalue weighted by Crippen LogP contribution is -2.33. The summed E-state index contributed by atoms with van der Waals surface area (Å²) in [6.07, 6.45) is 1.07. The van der Waals surface area contributed by atoms with Gasteiger partial charge in [0.15, 0.2) is 0 Å². The van der Waals surface area contributed by atoms with E-state index >= 15 is 0 Å². The predicted molar refractivity (Wildman–Crippen MR) is 91.8 cm³/mol. The van der Waals surface area contributed by atoms with E-state index in [1.54, 1.807) is 0 Å². The van der Waals surface area contributed by atoms with Crippen LogP contribution in [0.5, 0.6) is 0 Å². The molecule has 2 nitrogen and oxygen atoms in total. The maximum atomic E-state index is 6.09. The van der Waals surface area contributed by atoms with E-state index in [4.69, 9.17) is 5.73 Å². The largest absolute Gasteiger partial charge is 0.363 e. The molecule has 0 radical (unpaired) electrons. The van der Waals surface area contributed by atoms with Gasteiger partial charge >= 0.3 is 0 Å². The lowest BCUT2D eigenvalue weighted by molar-refractivity contribution is 0.643. The molecule has 2 aromatic rings. The Labute approximate surface area is 128 Å². The Bertz CT molecular complexity index is 560. The van der Waals surface area contributed by atoms with Crippen molar-refractivity contribution >= 4 is 5.69 Å². The molecule has 0 aliphatic heterocycles. The van der Waals surface area contributed by atoms with Crippen molar-refractivity contribution in [3.05, 3.63) is 65.2 Å². The molecule has 1 atom stereocenters. The zero-order chi connectivity index (χ0) is 15.2. The maximum absolute atomic E-state index is 6.09. The number of anilines is 1. The van der Waals surface area contributed by atoms with Crippen molar-refractivity contribution in [2.24, 2.45) is 5.73 Å². The molecule has 1 unspecified atom stereocenters. The van der Waals surface area contributed by atoms with Crippen LogP contribution in [-0.2, 0) is 6.42 Å². The fraction of sp³-hybridized carbons (Fsp3) is 0.368. The highest BCUT2D eigenvalue weighted by molar-refractivity contribution is 5.51. The first-order chi connectivity index (χ1) is 10.2. The van der Waals surface area contributed by atoms with Crippen LogP contribution in [-0.4, -0.2) is 13.1 Å². The van der Waals surface area contributed by atoms with E-state index in [2.05, 4.69) is 74.2 Å². The minimum Gasteiger partial charge on any atom is -0.363 e. The monoisotopic (exact) mass is 282 g/mol. The van der Waals surface area contributed by atoms with Crippen LogP contribution in [0, 0.1) is 6.92 Å². The van der Waals surface area contributed by atoms with Crippen molar-refractivity contribution in [3.8, 4) is 0 Å². The zero-order valence-corrected chi connectivity index (χ0v) is 13.3. The van der Waals surface area contributed by atoms with E-state index < -0.39 is 0 Å². The average Bonchev–Trinajstić information content (AvgIpc) is 2.52. The number of hydrogen-bond acceptors (Lipinski definition) is 2. The number of rotatable bonds is 6. The van der Waals surface area contributed by atoms with Gasteiger partial charge in [0, 0.05) is 18.8 Å². The second-order valence-electron chi connectivity index (χ2n) is 5.47. The minimum absolute atomic E-state index is 0.225. The zero-order valence-electron chi connectivity index (χ0n) is 13.3. The summed E-state index contributed by atoms with van der Waals surface area (Å²) >= 11 is 0. The highest BCUT2D eigenvalue weighted by Crippen LogP contribution is 2.27. The number of likely N-dealkylation sites (N-methyl/N-ethyl adjacent to an activating group) is 1. The molecule has 0 fully saturated rings. The predicted octanol–water partition coefficient (Wildman–Crippen LogP) is 4.08. The second kappa shape index (κ2) is 7.28. The van der Waals surface area contributed by atoms with Crippen molar-refractivity contribution in [1.82, 2.24) is 0 Å².